The number of aromatic nitrogens is 1. The first-order valence-electron chi connectivity index (χ1n) is 17.1. The minimum Gasteiger partial charge on any atom is -0.494 e. The van der Waals surface area contributed by atoms with Crippen molar-refractivity contribution in [2.75, 3.05) is 44.2 Å². The summed E-state index contributed by atoms with van der Waals surface area (Å²) in [6.07, 6.45) is 10.9. The Bertz CT molecular complexity index is 1800. The van der Waals surface area contributed by atoms with Crippen molar-refractivity contribution in [3.63, 3.8) is 0 Å². The van der Waals surface area contributed by atoms with Crippen LogP contribution in [-0.2, 0) is 0 Å². The zero-order valence-corrected chi connectivity index (χ0v) is 27.3. The van der Waals surface area contributed by atoms with Gasteiger partial charge >= 0.3 is 0 Å². The second kappa shape index (κ2) is 14.5. The van der Waals surface area contributed by atoms with Crippen LogP contribution in [0.3, 0.4) is 0 Å². The Morgan fingerprint density at radius 1 is 0.833 bits per heavy atom. The van der Waals surface area contributed by atoms with E-state index in [1.807, 2.05) is 0 Å². The topological polar surface area (TPSA) is 51.5 Å². The van der Waals surface area contributed by atoms with Gasteiger partial charge in [0.05, 0.1) is 44.0 Å². The number of carbonyl (C=O) groups excluding carboxylic acids is 1. The molecule has 10 heteroatoms. The molecule has 3 saturated heterocycles. The third-order valence-corrected chi connectivity index (χ3v) is 10.1. The van der Waals surface area contributed by atoms with Crippen molar-refractivity contribution in [2.45, 2.75) is 58.3 Å². The number of anilines is 1. The Labute approximate surface area is 278 Å². The number of piperidine rings is 3. The zero-order chi connectivity index (χ0) is 33.8. The van der Waals surface area contributed by atoms with Crippen LogP contribution in [0, 0.1) is 29.2 Å². The maximum atomic E-state index is 14.4. The first-order chi connectivity index (χ1) is 23.1. The summed E-state index contributed by atoms with van der Waals surface area (Å²) < 4.78 is 65.5. The number of ether oxygens (including phenoxy) is 1. The van der Waals surface area contributed by atoms with Crippen LogP contribution in [0.4, 0.5) is 23.2 Å². The lowest BCUT2D eigenvalue weighted by molar-refractivity contribution is -0.942. The van der Waals surface area contributed by atoms with E-state index in [4.69, 9.17) is 4.74 Å². The highest BCUT2D eigenvalue weighted by Gasteiger charge is 2.38. The summed E-state index contributed by atoms with van der Waals surface area (Å²) in [5.74, 6) is -2.80. The fraction of sp³-hybridized carbons (Fsp3) is 0.421. The summed E-state index contributed by atoms with van der Waals surface area (Å²) in [4.78, 5) is 28.5. The van der Waals surface area contributed by atoms with Crippen LogP contribution in [0.2, 0.25) is 0 Å². The maximum absolute atomic E-state index is 14.4. The van der Waals surface area contributed by atoms with Crippen molar-refractivity contribution in [3.8, 4) is 11.4 Å². The van der Waals surface area contributed by atoms with Gasteiger partial charge in [-0.3, -0.25) is 9.59 Å². The molecule has 6 nitrogen and oxygen atoms in total. The van der Waals surface area contributed by atoms with Crippen molar-refractivity contribution >= 4 is 22.5 Å². The van der Waals surface area contributed by atoms with E-state index in [9.17, 15) is 27.2 Å². The Balaban J connectivity index is 1.18. The number of halogens is 4. The van der Waals surface area contributed by atoms with Gasteiger partial charge in [0.1, 0.15) is 34.6 Å². The van der Waals surface area contributed by atoms with Gasteiger partial charge in [0, 0.05) is 42.0 Å². The van der Waals surface area contributed by atoms with Crippen LogP contribution in [0.1, 0.15) is 68.6 Å². The molecule has 0 N–H and O–H groups in total. The van der Waals surface area contributed by atoms with Crippen LogP contribution in [0.25, 0.3) is 16.6 Å². The van der Waals surface area contributed by atoms with Gasteiger partial charge in [0.2, 0.25) is 5.43 Å². The minimum absolute atomic E-state index is 0.000948. The third-order valence-electron chi connectivity index (χ3n) is 10.1. The van der Waals surface area contributed by atoms with Crippen LogP contribution in [-0.4, -0.2) is 54.3 Å². The minimum atomic E-state index is -0.879. The molecule has 1 amide bonds. The van der Waals surface area contributed by atoms with E-state index < -0.39 is 34.6 Å². The number of carbonyl (C=O) groups is 1. The summed E-state index contributed by atoms with van der Waals surface area (Å²) in [6, 6.07) is 10.3. The van der Waals surface area contributed by atoms with Crippen LogP contribution >= 0.6 is 0 Å². The van der Waals surface area contributed by atoms with Crippen molar-refractivity contribution < 1.29 is 31.6 Å². The molecule has 254 valence electrons. The molecule has 0 unspecified atom stereocenters. The molecule has 3 aliphatic rings. The summed E-state index contributed by atoms with van der Waals surface area (Å²) in [5, 5.41) is 0.115. The molecule has 4 aromatic rings. The molecule has 0 spiro atoms. The number of hydrogen-bond acceptors (Lipinski definition) is 3. The molecular formula is C38H42F4N3O3+. The fourth-order valence-electron chi connectivity index (χ4n) is 7.47. The summed E-state index contributed by atoms with van der Waals surface area (Å²) in [6.45, 7) is 7.44. The average molecular weight is 665 g/mol. The third kappa shape index (κ3) is 7.43. The molecule has 3 aliphatic heterocycles. The highest BCUT2D eigenvalue weighted by atomic mass is 19.1. The van der Waals surface area contributed by atoms with Crippen molar-refractivity contribution in [2.24, 2.45) is 5.92 Å². The molecule has 0 radical (unpaired) electrons. The van der Waals surface area contributed by atoms with Gasteiger partial charge in [0.25, 0.3) is 5.91 Å². The highest BCUT2D eigenvalue weighted by molar-refractivity contribution is 6.07. The normalized spacial score (nSPS) is 18.7. The molecule has 0 atom stereocenters. The molecule has 0 saturated carbocycles. The van der Waals surface area contributed by atoms with E-state index in [1.165, 1.54) is 79.6 Å². The van der Waals surface area contributed by atoms with Crippen molar-refractivity contribution in [3.05, 3.63) is 99.8 Å². The van der Waals surface area contributed by atoms with E-state index >= 15 is 0 Å². The van der Waals surface area contributed by atoms with Crippen LogP contribution in [0.5, 0.6) is 5.75 Å². The fourth-order valence-corrected chi connectivity index (χ4v) is 7.47. The standard InChI is InChI=1S/C38H42F4N3O3/c1-2-43(31-20-27(39)18-28(40)21-31)38(47)35-25-44(32-22-29(41)19-30(42)23-32)36-24-33(8-9-34(36)37(35)46)48-17-7-5-3-4-6-13-45-14-10-26(11-15-45)12-16-45/h8-9,18-26H,2-7,10-17H2,1H3/q+1. The van der Waals surface area contributed by atoms with Gasteiger partial charge in [-0.25, -0.2) is 17.6 Å². The second-order valence-electron chi connectivity index (χ2n) is 13.3. The van der Waals surface area contributed by atoms with E-state index in [0.717, 1.165) is 60.4 Å². The first kappa shape index (κ1) is 33.7. The molecule has 4 heterocycles. The Morgan fingerprint density at radius 2 is 1.44 bits per heavy atom. The molecule has 48 heavy (non-hydrogen) atoms. The average Bonchev–Trinajstić information content (AvgIpc) is 3.06. The van der Waals surface area contributed by atoms with Gasteiger partial charge in [0.15, 0.2) is 0 Å². The molecule has 2 bridgehead atoms. The number of unbranched alkanes of at least 4 members (excludes halogenated alkanes) is 4. The lowest BCUT2D eigenvalue weighted by Gasteiger charge is -2.49. The SMILES string of the molecule is CCN(C(=O)c1cn(-c2cc(F)cc(F)c2)c2cc(OCCCCCCC[N+]34CCC(CC3)CC4)ccc2c1=O)c1cc(F)cc(F)c1. The maximum Gasteiger partial charge on any atom is 0.263 e. The number of pyridine rings is 1. The van der Waals surface area contributed by atoms with Crippen molar-refractivity contribution in [1.29, 1.82) is 0 Å². The summed E-state index contributed by atoms with van der Waals surface area (Å²) >= 11 is 0. The van der Waals surface area contributed by atoms with E-state index in [-0.39, 0.29) is 34.4 Å². The summed E-state index contributed by atoms with van der Waals surface area (Å²) in [5.41, 5.74) is -0.705. The van der Waals surface area contributed by atoms with Gasteiger partial charge < -0.3 is 18.7 Å². The number of amides is 1. The zero-order valence-electron chi connectivity index (χ0n) is 27.3. The van der Waals surface area contributed by atoms with Gasteiger partial charge in [-0.1, -0.05) is 12.8 Å². The van der Waals surface area contributed by atoms with E-state index in [2.05, 4.69) is 0 Å². The number of nitrogens with zero attached hydrogens (tertiary/aromatic N) is 3. The first-order valence-corrected chi connectivity index (χ1v) is 17.1. The largest absolute Gasteiger partial charge is 0.494 e. The second-order valence-corrected chi connectivity index (χ2v) is 13.3. The van der Waals surface area contributed by atoms with Gasteiger partial charge in [-0.15, -0.1) is 0 Å². The number of quaternary nitrogens is 1. The molecular weight excluding hydrogens is 622 g/mol. The Hall–Kier alpha value is -4.18. The molecule has 3 fully saturated rings. The smallest absolute Gasteiger partial charge is 0.263 e. The lowest BCUT2D eigenvalue weighted by Crippen LogP contribution is -2.58. The number of hydrogen-bond donors (Lipinski definition) is 0. The number of rotatable bonds is 13. The van der Waals surface area contributed by atoms with Crippen molar-refractivity contribution in [1.82, 2.24) is 4.57 Å². The highest BCUT2D eigenvalue weighted by Crippen LogP contribution is 2.34. The molecule has 0 aliphatic carbocycles. The number of benzene rings is 3. The Morgan fingerprint density at radius 3 is 2.08 bits per heavy atom. The molecule has 3 aromatic carbocycles. The van der Waals surface area contributed by atoms with E-state index in [1.54, 1.807) is 19.1 Å². The van der Waals surface area contributed by atoms with Crippen LogP contribution in [0.15, 0.2) is 65.6 Å². The quantitative estimate of drug-likeness (QED) is 0.0824. The molecule has 1 aromatic heterocycles. The van der Waals surface area contributed by atoms with E-state index in [0.29, 0.717) is 18.4 Å². The van der Waals surface area contributed by atoms with Gasteiger partial charge in [-0.2, -0.15) is 0 Å². The lowest BCUT2D eigenvalue weighted by atomic mass is 9.85. The molecule has 7 rings (SSSR count). The van der Waals surface area contributed by atoms with Gasteiger partial charge in [-0.05, 0) is 87.8 Å². The Kier molecular flexibility index (Phi) is 10.2. The van der Waals surface area contributed by atoms with Crippen LogP contribution < -0.4 is 15.1 Å². The monoisotopic (exact) mass is 664 g/mol. The predicted molar refractivity (Wildman–Crippen MR) is 179 cm³/mol. The summed E-state index contributed by atoms with van der Waals surface area (Å²) in [7, 11) is 0. The predicted octanol–water partition coefficient (Wildman–Crippen LogP) is 8.17. The number of fused-ring (bicyclic) bond motifs is 4.